The summed E-state index contributed by atoms with van der Waals surface area (Å²) < 4.78 is 0. The molecule has 4 nitrogen and oxygen atoms in total. The van der Waals surface area contributed by atoms with E-state index in [2.05, 4.69) is 16.4 Å². The van der Waals surface area contributed by atoms with Gasteiger partial charge in [-0.2, -0.15) is 5.26 Å². The molecule has 0 aliphatic heterocycles. The Balaban J connectivity index is 2.34. The van der Waals surface area contributed by atoms with Gasteiger partial charge in [0.15, 0.2) is 0 Å². The summed E-state index contributed by atoms with van der Waals surface area (Å²) in [6.45, 7) is 2.38. The fourth-order valence-corrected chi connectivity index (χ4v) is 1.87. The Labute approximate surface area is 106 Å². The molecule has 1 aromatic carbocycles. The average molecular weight is 241 g/mol. The minimum absolute atomic E-state index is 0.0203. The van der Waals surface area contributed by atoms with Crippen molar-refractivity contribution in [2.45, 2.75) is 13.0 Å². The summed E-state index contributed by atoms with van der Waals surface area (Å²) in [7, 11) is 0. The third kappa shape index (κ3) is 2.65. The molecule has 1 heterocycles. The van der Waals surface area contributed by atoms with E-state index in [1.807, 2.05) is 37.3 Å². The third-order valence-electron chi connectivity index (χ3n) is 2.78. The summed E-state index contributed by atoms with van der Waals surface area (Å²) in [6.07, 6.45) is 0. The van der Waals surface area contributed by atoms with E-state index in [-0.39, 0.29) is 6.61 Å². The highest BCUT2D eigenvalue weighted by Crippen LogP contribution is 2.19. The van der Waals surface area contributed by atoms with Gasteiger partial charge in [-0.05, 0) is 30.7 Å². The maximum Gasteiger partial charge on any atom is 0.121 e. The molecule has 0 radical (unpaired) electrons. The molecule has 4 heteroatoms. The second-order valence-electron chi connectivity index (χ2n) is 4.14. The summed E-state index contributed by atoms with van der Waals surface area (Å²) in [6, 6.07) is 11.5. The lowest BCUT2D eigenvalue weighted by Gasteiger charge is -2.11. The number of aliphatic hydroxyl groups is 1. The maximum absolute atomic E-state index is 9.11. The highest BCUT2D eigenvalue weighted by Gasteiger charge is 2.09. The first-order chi connectivity index (χ1) is 8.74. The van der Waals surface area contributed by atoms with Crippen molar-refractivity contribution in [3.05, 3.63) is 41.6 Å². The van der Waals surface area contributed by atoms with Gasteiger partial charge >= 0.3 is 0 Å². The summed E-state index contributed by atoms with van der Waals surface area (Å²) in [5.41, 5.74) is 2.80. The number of hydrogen-bond acceptors (Lipinski definition) is 4. The van der Waals surface area contributed by atoms with E-state index in [4.69, 9.17) is 10.4 Å². The molecule has 0 aliphatic carbocycles. The zero-order valence-corrected chi connectivity index (χ0v) is 10.2. The molecule has 2 rings (SSSR count). The van der Waals surface area contributed by atoms with Crippen LogP contribution in [0.15, 0.2) is 30.3 Å². The normalized spacial score (nSPS) is 12.3. The van der Waals surface area contributed by atoms with Crippen LogP contribution in [-0.4, -0.2) is 23.2 Å². The molecule has 0 fully saturated rings. The second-order valence-corrected chi connectivity index (χ2v) is 4.14. The SMILES string of the molecule is Cc1ccc2cc(C(C#N)NCCO)ccc2n1. The van der Waals surface area contributed by atoms with Crippen LogP contribution in [0, 0.1) is 18.3 Å². The lowest BCUT2D eigenvalue weighted by atomic mass is 10.0. The number of aliphatic hydroxyl groups excluding tert-OH is 1. The van der Waals surface area contributed by atoms with Gasteiger partial charge in [-0.1, -0.05) is 12.1 Å². The summed E-state index contributed by atoms with van der Waals surface area (Å²) in [5.74, 6) is 0. The van der Waals surface area contributed by atoms with Crippen LogP contribution >= 0.6 is 0 Å². The van der Waals surface area contributed by atoms with E-state index < -0.39 is 6.04 Å². The van der Waals surface area contributed by atoms with Crippen molar-refractivity contribution in [3.63, 3.8) is 0 Å². The number of aryl methyl sites for hydroxylation is 1. The van der Waals surface area contributed by atoms with Crippen LogP contribution in [0.2, 0.25) is 0 Å². The highest BCUT2D eigenvalue weighted by molar-refractivity contribution is 5.79. The molecule has 0 bridgehead atoms. The van der Waals surface area contributed by atoms with Gasteiger partial charge in [0.1, 0.15) is 6.04 Å². The van der Waals surface area contributed by atoms with E-state index in [9.17, 15) is 0 Å². The molecular weight excluding hydrogens is 226 g/mol. The van der Waals surface area contributed by atoms with E-state index in [1.165, 1.54) is 0 Å². The molecule has 0 amide bonds. The van der Waals surface area contributed by atoms with Gasteiger partial charge in [0, 0.05) is 17.6 Å². The van der Waals surface area contributed by atoms with Gasteiger partial charge < -0.3 is 5.11 Å². The van der Waals surface area contributed by atoms with E-state index >= 15 is 0 Å². The predicted molar refractivity (Wildman–Crippen MR) is 69.9 cm³/mol. The standard InChI is InChI=1S/C14H15N3O/c1-10-2-3-11-8-12(4-5-13(11)17-10)14(9-15)16-6-7-18/h2-5,8,14,16,18H,6-7H2,1H3. The first-order valence-electron chi connectivity index (χ1n) is 5.86. The third-order valence-corrected chi connectivity index (χ3v) is 2.78. The number of pyridine rings is 1. The van der Waals surface area contributed by atoms with Gasteiger partial charge in [0.05, 0.1) is 18.2 Å². The zero-order chi connectivity index (χ0) is 13.0. The fraction of sp³-hybridized carbons (Fsp3) is 0.286. The topological polar surface area (TPSA) is 68.9 Å². The van der Waals surface area contributed by atoms with Crippen LogP contribution in [0.25, 0.3) is 10.9 Å². The molecule has 0 saturated heterocycles. The van der Waals surface area contributed by atoms with Crippen molar-refractivity contribution in [1.82, 2.24) is 10.3 Å². The first-order valence-corrected chi connectivity index (χ1v) is 5.86. The molecule has 0 saturated carbocycles. The number of nitrogens with one attached hydrogen (secondary N) is 1. The Bertz CT molecular complexity index is 589. The van der Waals surface area contributed by atoms with Crippen molar-refractivity contribution >= 4 is 10.9 Å². The molecule has 92 valence electrons. The van der Waals surface area contributed by atoms with E-state index in [0.29, 0.717) is 6.54 Å². The van der Waals surface area contributed by atoms with Crippen LogP contribution in [0.3, 0.4) is 0 Å². The van der Waals surface area contributed by atoms with Gasteiger partial charge in [-0.15, -0.1) is 0 Å². The van der Waals surface area contributed by atoms with Crippen LogP contribution in [-0.2, 0) is 0 Å². The Morgan fingerprint density at radius 3 is 2.94 bits per heavy atom. The molecule has 2 N–H and O–H groups in total. The smallest absolute Gasteiger partial charge is 0.121 e. The fourth-order valence-electron chi connectivity index (χ4n) is 1.87. The van der Waals surface area contributed by atoms with Gasteiger partial charge in [-0.3, -0.25) is 10.3 Å². The van der Waals surface area contributed by atoms with Gasteiger partial charge in [-0.25, -0.2) is 0 Å². The van der Waals surface area contributed by atoms with Crippen LogP contribution < -0.4 is 5.32 Å². The number of fused-ring (bicyclic) bond motifs is 1. The minimum atomic E-state index is -0.400. The predicted octanol–water partition coefficient (Wildman–Crippen LogP) is 1.69. The van der Waals surface area contributed by atoms with Crippen molar-refractivity contribution < 1.29 is 5.11 Å². The monoisotopic (exact) mass is 241 g/mol. The largest absolute Gasteiger partial charge is 0.395 e. The number of nitrogens with zero attached hydrogens (tertiary/aromatic N) is 2. The molecule has 1 aromatic heterocycles. The first kappa shape index (κ1) is 12.5. The maximum atomic E-state index is 9.11. The number of hydrogen-bond donors (Lipinski definition) is 2. The summed E-state index contributed by atoms with van der Waals surface area (Å²) in [4.78, 5) is 4.42. The molecule has 18 heavy (non-hydrogen) atoms. The summed E-state index contributed by atoms with van der Waals surface area (Å²) in [5, 5.41) is 21.9. The molecular formula is C14H15N3O. The number of benzene rings is 1. The molecule has 0 spiro atoms. The van der Waals surface area contributed by atoms with Crippen LogP contribution in [0.4, 0.5) is 0 Å². The minimum Gasteiger partial charge on any atom is -0.395 e. The lowest BCUT2D eigenvalue weighted by Crippen LogP contribution is -2.23. The molecule has 1 atom stereocenters. The van der Waals surface area contributed by atoms with Gasteiger partial charge in [0.25, 0.3) is 0 Å². The Morgan fingerprint density at radius 2 is 2.22 bits per heavy atom. The number of aromatic nitrogens is 1. The zero-order valence-electron chi connectivity index (χ0n) is 10.2. The molecule has 1 unspecified atom stereocenters. The van der Waals surface area contributed by atoms with E-state index in [1.54, 1.807) is 0 Å². The second kappa shape index (κ2) is 5.58. The number of nitriles is 1. The Morgan fingerprint density at radius 1 is 1.39 bits per heavy atom. The average Bonchev–Trinajstić information content (AvgIpc) is 2.39. The van der Waals surface area contributed by atoms with E-state index in [0.717, 1.165) is 22.2 Å². The summed E-state index contributed by atoms with van der Waals surface area (Å²) >= 11 is 0. The van der Waals surface area contributed by atoms with Crippen molar-refractivity contribution in [3.8, 4) is 6.07 Å². The lowest BCUT2D eigenvalue weighted by molar-refractivity contribution is 0.289. The van der Waals surface area contributed by atoms with Crippen molar-refractivity contribution in [2.75, 3.05) is 13.2 Å². The van der Waals surface area contributed by atoms with Crippen LogP contribution in [0.5, 0.6) is 0 Å². The van der Waals surface area contributed by atoms with Crippen LogP contribution in [0.1, 0.15) is 17.3 Å². The highest BCUT2D eigenvalue weighted by atomic mass is 16.3. The Kier molecular flexibility index (Phi) is 3.88. The van der Waals surface area contributed by atoms with Gasteiger partial charge in [0.2, 0.25) is 0 Å². The Hall–Kier alpha value is -1.96. The quantitative estimate of drug-likeness (QED) is 0.854. The molecule has 2 aromatic rings. The van der Waals surface area contributed by atoms with Crippen molar-refractivity contribution in [2.24, 2.45) is 0 Å². The van der Waals surface area contributed by atoms with Crippen molar-refractivity contribution in [1.29, 1.82) is 5.26 Å². The number of rotatable bonds is 4. The molecule has 0 aliphatic rings.